The number of aryl methyl sites for hydroxylation is 2. The monoisotopic (exact) mass is 1730 g/mol. The van der Waals surface area contributed by atoms with E-state index < -0.39 is 8.07 Å². The van der Waals surface area contributed by atoms with Crippen molar-refractivity contribution in [3.05, 3.63) is 322 Å². The minimum Gasteiger partial charge on any atom is -0.455 e. The number of aromatic nitrogens is 1. The molecular formula is C127H115NO3Si. The van der Waals surface area contributed by atoms with E-state index >= 15 is 0 Å². The first kappa shape index (κ1) is 82.1. The molecular weight excluding hydrogens is 1620 g/mol. The molecule has 20 aromatic carbocycles. The Hall–Kier alpha value is -13.1. The third-order valence-electron chi connectivity index (χ3n) is 30.8. The number of hydrogen-bond donors (Lipinski definition) is 0. The molecule has 650 valence electrons. The largest absolute Gasteiger partial charge is 0.455 e. The van der Waals surface area contributed by atoms with Crippen molar-refractivity contribution in [1.82, 2.24) is 4.57 Å². The molecule has 0 aliphatic heterocycles. The van der Waals surface area contributed by atoms with Crippen LogP contribution in [0, 0.1) is 13.8 Å². The van der Waals surface area contributed by atoms with Gasteiger partial charge in [-0.05, 0) is 293 Å². The summed E-state index contributed by atoms with van der Waals surface area (Å²) in [6.45, 7) is 55.6. The minimum absolute atomic E-state index is 0.0474. The van der Waals surface area contributed by atoms with Crippen LogP contribution in [-0.4, -0.2) is 12.6 Å². The first-order valence-electron chi connectivity index (χ1n) is 47.8. The van der Waals surface area contributed by atoms with Gasteiger partial charge in [-0.15, -0.1) is 0 Å². The average Bonchev–Trinajstić information content (AvgIpc) is 1.49. The van der Waals surface area contributed by atoms with E-state index in [2.05, 4.69) is 430 Å². The molecule has 5 heteroatoms. The van der Waals surface area contributed by atoms with Crippen LogP contribution in [-0.2, 0) is 37.9 Å². The molecule has 2 aliphatic carbocycles. The van der Waals surface area contributed by atoms with E-state index in [0.717, 1.165) is 33.5 Å². The normalized spacial score (nSPS) is 14.3. The Morgan fingerprint density at radius 3 is 1.26 bits per heavy atom. The van der Waals surface area contributed by atoms with E-state index in [9.17, 15) is 0 Å². The molecule has 0 bridgehead atoms. The fourth-order valence-electron chi connectivity index (χ4n) is 24.0. The Morgan fingerprint density at radius 1 is 0.265 bits per heavy atom. The molecule has 4 nitrogen and oxygen atoms in total. The summed E-state index contributed by atoms with van der Waals surface area (Å²) < 4.78 is 22.7. The van der Waals surface area contributed by atoms with Gasteiger partial charge >= 0.3 is 0 Å². The lowest BCUT2D eigenvalue weighted by molar-refractivity contribution is 0.587. The Balaban J connectivity index is 0.000000110. The van der Waals surface area contributed by atoms with Crippen molar-refractivity contribution in [1.29, 1.82) is 0 Å². The van der Waals surface area contributed by atoms with Crippen LogP contribution in [0.3, 0.4) is 0 Å². The topological polar surface area (TPSA) is 44.4 Å². The van der Waals surface area contributed by atoms with Crippen molar-refractivity contribution in [3.63, 3.8) is 0 Å². The summed E-state index contributed by atoms with van der Waals surface area (Å²) in [4.78, 5) is 0. The molecule has 4 aromatic heterocycles. The van der Waals surface area contributed by atoms with E-state index in [1.54, 1.807) is 0 Å². The van der Waals surface area contributed by atoms with Gasteiger partial charge in [0.05, 0.1) is 19.1 Å². The summed E-state index contributed by atoms with van der Waals surface area (Å²) in [5.41, 5.74) is 32.9. The summed E-state index contributed by atoms with van der Waals surface area (Å²) in [5.74, 6) is 0. The van der Waals surface area contributed by atoms with Gasteiger partial charge in [-0.25, -0.2) is 0 Å². The van der Waals surface area contributed by atoms with E-state index in [1.165, 1.54) is 257 Å². The lowest BCUT2D eigenvalue weighted by Gasteiger charge is -2.27. The highest BCUT2D eigenvalue weighted by Gasteiger charge is 2.42. The molecule has 132 heavy (non-hydrogen) atoms. The number of hydrogen-bond acceptors (Lipinski definition) is 3. The molecule has 24 aromatic rings. The molecule has 0 saturated carbocycles. The highest BCUT2D eigenvalue weighted by atomic mass is 28.3. The molecule has 2 aliphatic rings. The number of fused-ring (bicyclic) bond motifs is 24. The molecule has 0 atom stereocenters. The van der Waals surface area contributed by atoms with Crippen LogP contribution in [0.2, 0.25) is 19.6 Å². The molecule has 0 N–H and O–H groups in total. The maximum Gasteiger partial charge on any atom is 0.143 e. The molecule has 0 spiro atoms. The van der Waals surface area contributed by atoms with E-state index in [-0.39, 0.29) is 37.9 Å². The van der Waals surface area contributed by atoms with Gasteiger partial charge in [-0.3, -0.25) is 0 Å². The quantitative estimate of drug-likeness (QED) is 0.131. The van der Waals surface area contributed by atoms with Gasteiger partial charge in [0.15, 0.2) is 0 Å². The smallest absolute Gasteiger partial charge is 0.143 e. The second kappa shape index (κ2) is 27.3. The third kappa shape index (κ3) is 11.9. The maximum absolute atomic E-state index is 6.74. The number of nitrogens with zero attached hydrogens (tertiary/aromatic N) is 1. The van der Waals surface area contributed by atoms with E-state index in [1.807, 2.05) is 0 Å². The number of benzene rings is 20. The minimum atomic E-state index is -1.71. The van der Waals surface area contributed by atoms with Crippen LogP contribution in [0.4, 0.5) is 0 Å². The van der Waals surface area contributed by atoms with Gasteiger partial charge in [-0.1, -0.05) is 319 Å². The van der Waals surface area contributed by atoms with Crippen molar-refractivity contribution >= 4 is 198 Å². The summed E-state index contributed by atoms with van der Waals surface area (Å²) in [5, 5.41) is 34.8. The molecule has 0 radical (unpaired) electrons. The van der Waals surface area contributed by atoms with Crippen LogP contribution < -0.4 is 5.19 Å². The highest BCUT2D eigenvalue weighted by molar-refractivity contribution is 6.90. The SMILES string of the molecule is CC(C)(C)c1ccc2c(c1)oc1c2cc2cc([Si](C)(C)C)c3cc4c5ccc(C(C)(C)C)cc5oc4c4ccc1c2c34.CC(C)(C)c1cccc(-n2c3ccc(C(C)(C)C)cc3c3cc4ccc5cc6c7cc(C(C)(C)C)ccc7oc6c6ccc(c4c56)c32)c1.Cc1cc(C)cc(-c2cc3cc4c(c5ccc6c7c(cc2c6c35)-c2ccccc2C7(C)C)C(C)(C)c2ccccc2-4)c1. The van der Waals surface area contributed by atoms with Crippen LogP contribution >= 0.6 is 0 Å². The zero-order valence-corrected chi connectivity index (χ0v) is 82.0. The van der Waals surface area contributed by atoms with E-state index in [0.29, 0.717) is 0 Å². The van der Waals surface area contributed by atoms with Gasteiger partial charge in [0.25, 0.3) is 0 Å². The molecule has 0 amide bonds. The maximum atomic E-state index is 6.74. The average molecular weight is 1730 g/mol. The fourth-order valence-corrected chi connectivity index (χ4v) is 25.6. The Labute approximate surface area is 774 Å². The predicted molar refractivity (Wildman–Crippen MR) is 573 cm³/mol. The van der Waals surface area contributed by atoms with Crippen molar-refractivity contribution in [2.75, 3.05) is 0 Å². The zero-order valence-electron chi connectivity index (χ0n) is 81.0. The molecule has 0 fully saturated rings. The Bertz CT molecular complexity index is 9130. The molecule has 26 rings (SSSR count). The van der Waals surface area contributed by atoms with Gasteiger partial charge in [-0.2, -0.15) is 0 Å². The zero-order chi connectivity index (χ0) is 91.7. The van der Waals surface area contributed by atoms with Crippen LogP contribution in [0.25, 0.3) is 224 Å². The van der Waals surface area contributed by atoms with Gasteiger partial charge in [0, 0.05) is 97.3 Å². The van der Waals surface area contributed by atoms with Crippen molar-refractivity contribution < 1.29 is 13.3 Å². The summed E-state index contributed by atoms with van der Waals surface area (Å²) >= 11 is 0. The molecule has 0 unspecified atom stereocenters. The van der Waals surface area contributed by atoms with Crippen LogP contribution in [0.5, 0.6) is 0 Å². The Kier molecular flexibility index (Phi) is 17.0. The second-order valence-corrected chi connectivity index (χ2v) is 51.6. The first-order chi connectivity index (χ1) is 62.5. The van der Waals surface area contributed by atoms with Crippen LogP contribution in [0.15, 0.2) is 274 Å². The fraction of sp³-hybridized carbons (Fsp3) is 0.244. The van der Waals surface area contributed by atoms with Crippen molar-refractivity contribution in [2.24, 2.45) is 0 Å². The van der Waals surface area contributed by atoms with E-state index in [4.69, 9.17) is 13.3 Å². The van der Waals surface area contributed by atoms with Crippen molar-refractivity contribution in [3.8, 4) is 39.1 Å². The highest BCUT2D eigenvalue weighted by Crippen LogP contribution is 2.60. The first-order valence-corrected chi connectivity index (χ1v) is 51.3. The van der Waals surface area contributed by atoms with Gasteiger partial charge < -0.3 is 17.8 Å². The lowest BCUT2D eigenvalue weighted by Crippen LogP contribution is -2.38. The predicted octanol–water partition coefficient (Wildman–Crippen LogP) is 36.5. The molecule has 4 heterocycles. The summed E-state index contributed by atoms with van der Waals surface area (Å²) in [7, 11) is -1.71. The van der Waals surface area contributed by atoms with Crippen LogP contribution in [0.1, 0.15) is 193 Å². The number of rotatable bonds is 3. The number of furan rings is 3. The lowest BCUT2D eigenvalue weighted by atomic mass is 9.75. The van der Waals surface area contributed by atoms with Crippen molar-refractivity contribution in [2.45, 2.75) is 203 Å². The third-order valence-corrected chi connectivity index (χ3v) is 32.8. The summed E-state index contributed by atoms with van der Waals surface area (Å²) in [6.07, 6.45) is 0. The molecule has 0 saturated heterocycles. The standard InChI is InChI=1S/C46H43NO.C42H34.C39H38O2Si/c1-44(2,3)28-11-10-12-31(23-28)47-38-19-15-29(45(4,5)6)24-34(38)36-21-26-13-14-27-22-37-35-25-30(46(7,8)9)16-20-39(35)48-43(37)33-18-17-32(42(36)47)40(26)41(27)33;1-23-17-24(2)19-25(18-23)31-20-26-21-33-27-11-7-9-13-35(27)41(3,4)39(33)29-15-16-30-38(37(26)29)32(31)22-34-28-12-8-10-14-36(28)42(5,6)40(30)34;1-38(2,3)22-10-12-24-28-16-21-17-33(42(7,8)9)30-20-29-25-13-11-23(39(4,5)6)19-32(25)41-37(29)27-15-14-26(34(21)35(27)30)36(28)40-31(24)18-22/h10-25H,1-9H3;7-22H,1-6H3;10-20H,1-9H3. The summed E-state index contributed by atoms with van der Waals surface area (Å²) in [6, 6.07) is 99.9. The van der Waals surface area contributed by atoms with Gasteiger partial charge in [0.2, 0.25) is 0 Å². The second-order valence-electron chi connectivity index (χ2n) is 46.5. The van der Waals surface area contributed by atoms with Gasteiger partial charge in [0.1, 0.15) is 33.5 Å². The Morgan fingerprint density at radius 2 is 0.682 bits per heavy atom.